The van der Waals surface area contributed by atoms with E-state index in [0.717, 1.165) is 46.4 Å². The number of carbonyl (C=O) groups is 2. The molecule has 0 bridgehead atoms. The summed E-state index contributed by atoms with van der Waals surface area (Å²) in [6.07, 6.45) is 1.65. The number of nitrogen functional groups attached to an aromatic ring is 1. The van der Waals surface area contributed by atoms with Crippen molar-refractivity contribution < 1.29 is 14.3 Å². The van der Waals surface area contributed by atoms with E-state index in [2.05, 4.69) is 5.32 Å². The highest BCUT2D eigenvalue weighted by Gasteiger charge is 2.26. The number of rotatable bonds is 5. The number of piperidine rings is 1. The summed E-state index contributed by atoms with van der Waals surface area (Å²) in [4.78, 5) is 30.5. The van der Waals surface area contributed by atoms with Gasteiger partial charge in [-0.25, -0.2) is 0 Å². The lowest BCUT2D eigenvalue weighted by molar-refractivity contribution is -0.134. The SMILES string of the molecule is CC(=O)Nc1ccc(OCC(=O)N2CCC(c3nc4ccccc4cc3N)CC2)cc1C. The van der Waals surface area contributed by atoms with Gasteiger partial charge in [-0.1, -0.05) is 18.2 Å². The summed E-state index contributed by atoms with van der Waals surface area (Å²) in [7, 11) is 0. The predicted molar refractivity (Wildman–Crippen MR) is 126 cm³/mol. The molecule has 2 amide bonds. The Morgan fingerprint density at radius 3 is 2.62 bits per heavy atom. The Kier molecular flexibility index (Phi) is 6.25. The number of amides is 2. The molecule has 7 heteroatoms. The predicted octanol–water partition coefficient (Wildman–Crippen LogP) is 3.87. The number of likely N-dealkylation sites (tertiary alicyclic amines) is 1. The molecular formula is C25H28N4O3. The number of nitrogens with zero attached hydrogens (tertiary/aromatic N) is 2. The molecule has 32 heavy (non-hydrogen) atoms. The zero-order chi connectivity index (χ0) is 22.7. The van der Waals surface area contributed by atoms with E-state index in [1.165, 1.54) is 6.92 Å². The van der Waals surface area contributed by atoms with Gasteiger partial charge in [-0.15, -0.1) is 0 Å². The molecule has 166 valence electrons. The van der Waals surface area contributed by atoms with Crippen LogP contribution in [0.15, 0.2) is 48.5 Å². The third kappa shape index (κ3) is 4.82. The molecule has 3 aromatic rings. The van der Waals surface area contributed by atoms with Crippen LogP contribution in [0.5, 0.6) is 5.75 Å². The van der Waals surface area contributed by atoms with Gasteiger partial charge in [0.25, 0.3) is 5.91 Å². The maximum atomic E-state index is 12.7. The second-order valence-electron chi connectivity index (χ2n) is 8.26. The highest BCUT2D eigenvalue weighted by atomic mass is 16.5. The third-order valence-corrected chi connectivity index (χ3v) is 5.89. The molecule has 0 aliphatic carbocycles. The largest absolute Gasteiger partial charge is 0.484 e. The lowest BCUT2D eigenvalue weighted by Gasteiger charge is -2.32. The number of fused-ring (bicyclic) bond motifs is 1. The van der Waals surface area contributed by atoms with Crippen LogP contribution in [0.2, 0.25) is 0 Å². The monoisotopic (exact) mass is 432 g/mol. The zero-order valence-electron chi connectivity index (χ0n) is 18.4. The molecular weight excluding hydrogens is 404 g/mol. The number of ether oxygens (including phenoxy) is 1. The molecule has 2 heterocycles. The number of hydrogen-bond acceptors (Lipinski definition) is 5. The van der Waals surface area contributed by atoms with Crippen molar-refractivity contribution in [3.8, 4) is 5.75 Å². The summed E-state index contributed by atoms with van der Waals surface area (Å²) in [6.45, 7) is 4.65. The Morgan fingerprint density at radius 2 is 1.91 bits per heavy atom. The van der Waals surface area contributed by atoms with Gasteiger partial charge in [0, 0.05) is 37.0 Å². The van der Waals surface area contributed by atoms with Gasteiger partial charge in [0.05, 0.1) is 16.9 Å². The Bertz CT molecular complexity index is 1150. The maximum Gasteiger partial charge on any atom is 0.260 e. The summed E-state index contributed by atoms with van der Waals surface area (Å²) in [6, 6.07) is 15.3. The van der Waals surface area contributed by atoms with Crippen LogP contribution in [0.4, 0.5) is 11.4 Å². The van der Waals surface area contributed by atoms with Crippen molar-refractivity contribution in [1.29, 1.82) is 0 Å². The Labute approximate surface area is 187 Å². The summed E-state index contributed by atoms with van der Waals surface area (Å²) in [5.74, 6) is 0.689. The average Bonchev–Trinajstić information content (AvgIpc) is 2.78. The first-order chi connectivity index (χ1) is 15.4. The van der Waals surface area contributed by atoms with Crippen LogP contribution >= 0.6 is 0 Å². The van der Waals surface area contributed by atoms with E-state index in [0.29, 0.717) is 18.8 Å². The number of hydrogen-bond donors (Lipinski definition) is 2. The average molecular weight is 433 g/mol. The number of nitrogens with one attached hydrogen (secondary N) is 1. The summed E-state index contributed by atoms with van der Waals surface area (Å²) < 4.78 is 5.70. The van der Waals surface area contributed by atoms with E-state index >= 15 is 0 Å². The first-order valence-electron chi connectivity index (χ1n) is 10.8. The number of carbonyl (C=O) groups excluding carboxylic acids is 2. The van der Waals surface area contributed by atoms with E-state index in [1.807, 2.05) is 48.2 Å². The number of anilines is 2. The van der Waals surface area contributed by atoms with E-state index in [4.69, 9.17) is 15.5 Å². The molecule has 1 saturated heterocycles. The van der Waals surface area contributed by atoms with E-state index in [1.54, 1.807) is 12.1 Å². The second kappa shape index (κ2) is 9.26. The molecule has 0 atom stereocenters. The maximum absolute atomic E-state index is 12.7. The number of aromatic nitrogens is 1. The molecule has 2 aromatic carbocycles. The lowest BCUT2D eigenvalue weighted by atomic mass is 9.91. The van der Waals surface area contributed by atoms with Crippen LogP contribution in [0, 0.1) is 6.92 Å². The van der Waals surface area contributed by atoms with Gasteiger partial charge in [-0.2, -0.15) is 0 Å². The minimum atomic E-state index is -0.124. The molecule has 0 saturated carbocycles. The quantitative estimate of drug-likeness (QED) is 0.638. The zero-order valence-corrected chi connectivity index (χ0v) is 18.4. The smallest absolute Gasteiger partial charge is 0.260 e. The van der Waals surface area contributed by atoms with Crippen LogP contribution in [0.25, 0.3) is 10.9 Å². The lowest BCUT2D eigenvalue weighted by Crippen LogP contribution is -2.40. The molecule has 0 unspecified atom stereocenters. The summed E-state index contributed by atoms with van der Waals surface area (Å²) in [5.41, 5.74) is 10.5. The van der Waals surface area contributed by atoms with Gasteiger partial charge in [0.15, 0.2) is 6.61 Å². The minimum Gasteiger partial charge on any atom is -0.484 e. The van der Waals surface area contributed by atoms with Crippen molar-refractivity contribution in [2.75, 3.05) is 30.7 Å². The first kappa shape index (κ1) is 21.6. The van der Waals surface area contributed by atoms with Gasteiger partial charge >= 0.3 is 0 Å². The standard InChI is InChI=1S/C25H28N4O3/c1-16-13-20(7-8-22(16)27-17(2)30)32-15-24(31)29-11-9-18(10-12-29)25-21(26)14-19-5-3-4-6-23(19)28-25/h3-8,13-14,18H,9-12,15,26H2,1-2H3,(H,27,30). The van der Waals surface area contributed by atoms with Gasteiger partial charge in [0.1, 0.15) is 5.75 Å². The van der Waals surface area contributed by atoms with Gasteiger partial charge in [-0.3, -0.25) is 14.6 Å². The first-order valence-corrected chi connectivity index (χ1v) is 10.8. The number of para-hydroxylation sites is 1. The summed E-state index contributed by atoms with van der Waals surface area (Å²) in [5, 5.41) is 3.81. The summed E-state index contributed by atoms with van der Waals surface area (Å²) >= 11 is 0. The molecule has 7 nitrogen and oxygen atoms in total. The van der Waals surface area contributed by atoms with Crippen molar-refractivity contribution in [3.63, 3.8) is 0 Å². The van der Waals surface area contributed by atoms with Gasteiger partial charge in [-0.05, 0) is 55.7 Å². The second-order valence-corrected chi connectivity index (χ2v) is 8.26. The van der Waals surface area contributed by atoms with Crippen LogP contribution in [0.1, 0.15) is 36.9 Å². The molecule has 0 radical (unpaired) electrons. The number of nitrogens with two attached hydrogens (primary N) is 1. The molecule has 4 rings (SSSR count). The Balaban J connectivity index is 1.32. The van der Waals surface area contributed by atoms with E-state index < -0.39 is 0 Å². The highest BCUT2D eigenvalue weighted by Crippen LogP contribution is 2.32. The van der Waals surface area contributed by atoms with Crippen LogP contribution < -0.4 is 15.8 Å². The molecule has 1 fully saturated rings. The number of benzene rings is 2. The number of pyridine rings is 1. The van der Waals surface area contributed by atoms with Gasteiger partial charge in [0.2, 0.25) is 5.91 Å². The van der Waals surface area contributed by atoms with Crippen LogP contribution in [-0.2, 0) is 9.59 Å². The van der Waals surface area contributed by atoms with Crippen LogP contribution in [0.3, 0.4) is 0 Å². The van der Waals surface area contributed by atoms with Gasteiger partial charge < -0.3 is 20.7 Å². The highest BCUT2D eigenvalue weighted by molar-refractivity contribution is 5.89. The Morgan fingerprint density at radius 1 is 1.16 bits per heavy atom. The van der Waals surface area contributed by atoms with E-state index in [9.17, 15) is 9.59 Å². The van der Waals surface area contributed by atoms with Crippen LogP contribution in [-0.4, -0.2) is 41.4 Å². The molecule has 3 N–H and O–H groups in total. The van der Waals surface area contributed by atoms with Crippen molar-refractivity contribution in [3.05, 3.63) is 59.8 Å². The number of aryl methyl sites for hydroxylation is 1. The molecule has 0 spiro atoms. The topological polar surface area (TPSA) is 97.5 Å². The third-order valence-electron chi connectivity index (χ3n) is 5.89. The molecule has 1 aromatic heterocycles. The van der Waals surface area contributed by atoms with Crippen molar-refractivity contribution in [1.82, 2.24) is 9.88 Å². The fourth-order valence-electron chi connectivity index (χ4n) is 4.17. The fraction of sp³-hybridized carbons (Fsp3) is 0.320. The molecule has 1 aliphatic heterocycles. The minimum absolute atomic E-state index is 0.0139. The van der Waals surface area contributed by atoms with Crippen molar-refractivity contribution in [2.45, 2.75) is 32.6 Å². The van der Waals surface area contributed by atoms with Crippen molar-refractivity contribution >= 4 is 34.1 Å². The van der Waals surface area contributed by atoms with Crippen molar-refractivity contribution in [2.24, 2.45) is 0 Å². The Hall–Kier alpha value is -3.61. The van der Waals surface area contributed by atoms with E-state index in [-0.39, 0.29) is 24.3 Å². The normalized spacial score (nSPS) is 14.4. The fourth-order valence-corrected chi connectivity index (χ4v) is 4.17. The molecule has 1 aliphatic rings.